The molecule has 0 saturated carbocycles. The van der Waals surface area contributed by atoms with Crippen LogP contribution in [0.2, 0.25) is 0 Å². The minimum Gasteiger partial charge on any atom is -0.479 e. The van der Waals surface area contributed by atoms with E-state index in [1.807, 2.05) is 0 Å². The van der Waals surface area contributed by atoms with E-state index in [1.165, 1.54) is 0 Å². The molecule has 0 aliphatic carbocycles. The summed E-state index contributed by atoms with van der Waals surface area (Å²) in [6, 6.07) is 16.7. The zero-order valence-electron chi connectivity index (χ0n) is 9.38. The first-order valence-electron chi connectivity index (χ1n) is 5.22. The summed E-state index contributed by atoms with van der Waals surface area (Å²) >= 11 is 0. The van der Waals surface area contributed by atoms with Crippen molar-refractivity contribution in [3.63, 3.8) is 0 Å². The van der Waals surface area contributed by atoms with Crippen LogP contribution < -0.4 is 0 Å². The van der Waals surface area contributed by atoms with Gasteiger partial charge in [-0.3, -0.25) is 0 Å². The Bertz CT molecular complexity index is 472. The molecule has 0 unspecified atom stereocenters. The van der Waals surface area contributed by atoms with Crippen molar-refractivity contribution < 1.29 is 32.1 Å². The minimum absolute atomic E-state index is 0. The van der Waals surface area contributed by atoms with Crippen molar-refractivity contribution in [2.45, 2.75) is 5.60 Å². The molecule has 18 heavy (non-hydrogen) atoms. The van der Waals surface area contributed by atoms with E-state index in [1.54, 1.807) is 60.7 Å². The van der Waals surface area contributed by atoms with Crippen molar-refractivity contribution in [2.75, 3.05) is 0 Å². The summed E-state index contributed by atoms with van der Waals surface area (Å²) in [5.74, 6) is -1.28. The van der Waals surface area contributed by atoms with Crippen molar-refractivity contribution >= 4 is 5.97 Å². The zero-order chi connectivity index (χ0) is 12.3. The van der Waals surface area contributed by atoms with Crippen LogP contribution >= 0.6 is 0 Å². The molecule has 97 valence electrons. The summed E-state index contributed by atoms with van der Waals surface area (Å²) < 4.78 is 0. The molecule has 3 nitrogen and oxygen atoms in total. The van der Waals surface area contributed by atoms with Gasteiger partial charge < -0.3 is 10.2 Å². The Balaban J connectivity index is 0.00000162. The van der Waals surface area contributed by atoms with Gasteiger partial charge >= 0.3 is 5.97 Å². The number of carboxylic acids is 1. The van der Waals surface area contributed by atoms with Crippen LogP contribution in [0.4, 0.5) is 0 Å². The SMILES string of the molecule is O=C(O)C(O)(c1ccccc1)c1ccccc1.[Cu]. The van der Waals surface area contributed by atoms with Gasteiger partial charge in [-0.15, -0.1) is 0 Å². The first-order valence-corrected chi connectivity index (χ1v) is 5.22. The second-order valence-corrected chi connectivity index (χ2v) is 3.75. The summed E-state index contributed by atoms with van der Waals surface area (Å²) in [5, 5.41) is 19.7. The van der Waals surface area contributed by atoms with Crippen molar-refractivity contribution in [1.29, 1.82) is 0 Å². The van der Waals surface area contributed by atoms with Gasteiger partial charge in [0, 0.05) is 17.1 Å². The molecule has 0 heterocycles. The Hall–Kier alpha value is -1.61. The molecule has 0 aliphatic heterocycles. The Morgan fingerprint density at radius 1 is 0.833 bits per heavy atom. The fourth-order valence-electron chi connectivity index (χ4n) is 1.77. The molecule has 0 amide bonds. The zero-order valence-corrected chi connectivity index (χ0v) is 10.3. The van der Waals surface area contributed by atoms with E-state index in [0.717, 1.165) is 0 Å². The van der Waals surface area contributed by atoms with Crippen LogP contribution in [0, 0.1) is 0 Å². The topological polar surface area (TPSA) is 57.5 Å². The largest absolute Gasteiger partial charge is 0.479 e. The molecule has 2 aromatic carbocycles. The molecule has 2 rings (SSSR count). The van der Waals surface area contributed by atoms with Crippen LogP contribution in [0.25, 0.3) is 0 Å². The molecule has 0 bridgehead atoms. The molecule has 4 heteroatoms. The Morgan fingerprint density at radius 3 is 1.44 bits per heavy atom. The summed E-state index contributed by atoms with van der Waals surface area (Å²) in [7, 11) is 0. The minimum atomic E-state index is -2.00. The standard InChI is InChI=1S/C14H12O3.Cu/c15-13(16)14(17,11-7-3-1-4-8-11)12-9-5-2-6-10-12;/h1-10,17H,(H,15,16);. The summed E-state index contributed by atoms with van der Waals surface area (Å²) in [6.07, 6.45) is 0. The van der Waals surface area contributed by atoms with Crippen LogP contribution in [-0.2, 0) is 27.5 Å². The molecule has 0 spiro atoms. The van der Waals surface area contributed by atoms with Crippen molar-refractivity contribution in [3.05, 3.63) is 71.8 Å². The van der Waals surface area contributed by atoms with Gasteiger partial charge in [-0.2, -0.15) is 0 Å². The third-order valence-electron chi connectivity index (χ3n) is 2.69. The molecular formula is C14H12CuO3. The summed E-state index contributed by atoms with van der Waals surface area (Å²) in [4.78, 5) is 11.4. The van der Waals surface area contributed by atoms with Crippen molar-refractivity contribution in [1.82, 2.24) is 0 Å². The average Bonchev–Trinajstić information content (AvgIpc) is 2.39. The van der Waals surface area contributed by atoms with Gasteiger partial charge in [0.15, 0.2) is 0 Å². The fraction of sp³-hybridized carbons (Fsp3) is 0.0714. The number of hydrogen-bond acceptors (Lipinski definition) is 2. The van der Waals surface area contributed by atoms with E-state index in [0.29, 0.717) is 11.1 Å². The first kappa shape index (κ1) is 14.5. The number of rotatable bonds is 3. The monoisotopic (exact) mass is 291 g/mol. The quantitative estimate of drug-likeness (QED) is 0.851. The van der Waals surface area contributed by atoms with Crippen LogP contribution in [-0.4, -0.2) is 16.2 Å². The smallest absolute Gasteiger partial charge is 0.345 e. The van der Waals surface area contributed by atoms with Gasteiger partial charge in [0.2, 0.25) is 5.60 Å². The van der Waals surface area contributed by atoms with E-state index in [2.05, 4.69) is 0 Å². The maximum absolute atomic E-state index is 11.4. The van der Waals surface area contributed by atoms with E-state index >= 15 is 0 Å². The summed E-state index contributed by atoms with van der Waals surface area (Å²) in [6.45, 7) is 0. The maximum atomic E-state index is 11.4. The van der Waals surface area contributed by atoms with E-state index in [9.17, 15) is 15.0 Å². The van der Waals surface area contributed by atoms with Crippen LogP contribution in [0.3, 0.4) is 0 Å². The number of aliphatic carboxylic acids is 1. The summed E-state index contributed by atoms with van der Waals surface area (Å²) in [5.41, 5.74) is -1.31. The first-order chi connectivity index (χ1) is 8.15. The van der Waals surface area contributed by atoms with Gasteiger partial charge in [0.05, 0.1) is 0 Å². The molecule has 0 atom stereocenters. The normalized spacial score (nSPS) is 10.5. The van der Waals surface area contributed by atoms with E-state index < -0.39 is 11.6 Å². The van der Waals surface area contributed by atoms with Gasteiger partial charge in [-0.1, -0.05) is 60.7 Å². The van der Waals surface area contributed by atoms with Gasteiger partial charge in [-0.05, 0) is 11.1 Å². The molecule has 1 radical (unpaired) electrons. The third kappa shape index (κ3) is 2.46. The molecule has 2 N–H and O–H groups in total. The van der Waals surface area contributed by atoms with Crippen molar-refractivity contribution in [3.8, 4) is 0 Å². The van der Waals surface area contributed by atoms with Crippen LogP contribution in [0.5, 0.6) is 0 Å². The number of carbonyl (C=O) groups is 1. The van der Waals surface area contributed by atoms with E-state index in [4.69, 9.17) is 0 Å². The Labute approximate surface area is 116 Å². The number of benzene rings is 2. The molecule has 0 aliphatic rings. The van der Waals surface area contributed by atoms with Crippen LogP contribution in [0.1, 0.15) is 11.1 Å². The average molecular weight is 292 g/mol. The van der Waals surface area contributed by atoms with Gasteiger partial charge in [0.1, 0.15) is 0 Å². The van der Waals surface area contributed by atoms with Gasteiger partial charge in [-0.25, -0.2) is 4.79 Å². The maximum Gasteiger partial charge on any atom is 0.345 e. The third-order valence-corrected chi connectivity index (χ3v) is 2.69. The molecular weight excluding hydrogens is 280 g/mol. The van der Waals surface area contributed by atoms with Crippen LogP contribution in [0.15, 0.2) is 60.7 Å². The fourth-order valence-corrected chi connectivity index (χ4v) is 1.77. The predicted octanol–water partition coefficient (Wildman–Crippen LogP) is 2.00. The second kappa shape index (κ2) is 5.82. The Kier molecular flexibility index (Phi) is 4.68. The molecule has 0 saturated heterocycles. The Morgan fingerprint density at radius 2 is 1.17 bits per heavy atom. The molecule has 2 aromatic rings. The van der Waals surface area contributed by atoms with Gasteiger partial charge in [0.25, 0.3) is 0 Å². The predicted molar refractivity (Wildman–Crippen MR) is 63.5 cm³/mol. The number of hydrogen-bond donors (Lipinski definition) is 2. The number of aliphatic hydroxyl groups is 1. The molecule has 0 aromatic heterocycles. The van der Waals surface area contributed by atoms with Crippen molar-refractivity contribution in [2.24, 2.45) is 0 Å². The second-order valence-electron chi connectivity index (χ2n) is 3.75. The van der Waals surface area contributed by atoms with E-state index in [-0.39, 0.29) is 17.1 Å². The number of carboxylic acid groups (broad SMARTS) is 1. The molecule has 0 fully saturated rings.